The summed E-state index contributed by atoms with van der Waals surface area (Å²) in [5.74, 6) is 1.72. The molecule has 1 rings (SSSR count). The van der Waals surface area contributed by atoms with Gasteiger partial charge in [0.2, 0.25) is 0 Å². The molecule has 0 spiro atoms. The summed E-state index contributed by atoms with van der Waals surface area (Å²) in [4.78, 5) is 0. The van der Waals surface area contributed by atoms with Crippen LogP contribution in [-0.4, -0.2) is 19.3 Å². The second-order valence-corrected chi connectivity index (χ2v) is 5.35. The molecule has 0 radical (unpaired) electrons. The third kappa shape index (κ3) is 6.11. The van der Waals surface area contributed by atoms with Gasteiger partial charge < -0.3 is 15.2 Å². The maximum Gasteiger partial charge on any atom is 0.126 e. The first-order chi connectivity index (χ1) is 9.52. The van der Waals surface area contributed by atoms with E-state index in [9.17, 15) is 0 Å². The van der Waals surface area contributed by atoms with E-state index in [0.29, 0.717) is 6.61 Å². The van der Waals surface area contributed by atoms with Crippen LogP contribution in [0.2, 0.25) is 0 Å². The highest BCUT2D eigenvalue weighted by atomic mass is 16.5. The van der Waals surface area contributed by atoms with Crippen LogP contribution in [0.5, 0.6) is 11.5 Å². The standard InChI is InChI=1S/C17H27NO2/c1-5-9-19-16-7-6-15(11-14(4)18)17(12-16)20-10-8-13(2)3/h6-7,12,14H,2,5,8-11,18H2,1,3-4H3. The first-order valence-electron chi connectivity index (χ1n) is 7.31. The minimum Gasteiger partial charge on any atom is -0.493 e. The van der Waals surface area contributed by atoms with Crippen molar-refractivity contribution in [2.24, 2.45) is 5.73 Å². The van der Waals surface area contributed by atoms with Crippen molar-refractivity contribution in [3.63, 3.8) is 0 Å². The zero-order valence-corrected chi connectivity index (χ0v) is 12.9. The summed E-state index contributed by atoms with van der Waals surface area (Å²) in [6.07, 6.45) is 2.65. The van der Waals surface area contributed by atoms with Gasteiger partial charge >= 0.3 is 0 Å². The van der Waals surface area contributed by atoms with Crippen LogP contribution < -0.4 is 15.2 Å². The third-order valence-corrected chi connectivity index (χ3v) is 2.84. The number of hydrogen-bond acceptors (Lipinski definition) is 3. The van der Waals surface area contributed by atoms with Crippen LogP contribution in [0, 0.1) is 0 Å². The van der Waals surface area contributed by atoms with Crippen molar-refractivity contribution in [3.8, 4) is 11.5 Å². The normalized spacial score (nSPS) is 12.0. The van der Waals surface area contributed by atoms with E-state index in [1.165, 1.54) is 0 Å². The lowest BCUT2D eigenvalue weighted by molar-refractivity contribution is 0.301. The molecule has 1 aromatic carbocycles. The minimum atomic E-state index is 0.112. The lowest BCUT2D eigenvalue weighted by atomic mass is 10.1. The van der Waals surface area contributed by atoms with Crippen LogP contribution in [-0.2, 0) is 6.42 Å². The molecule has 3 heteroatoms. The average Bonchev–Trinajstić information content (AvgIpc) is 2.37. The Morgan fingerprint density at radius 3 is 2.65 bits per heavy atom. The zero-order valence-electron chi connectivity index (χ0n) is 12.9. The van der Waals surface area contributed by atoms with Crippen LogP contribution in [0.3, 0.4) is 0 Å². The first-order valence-corrected chi connectivity index (χ1v) is 7.31. The molecule has 3 nitrogen and oxygen atoms in total. The molecular weight excluding hydrogens is 250 g/mol. The highest BCUT2D eigenvalue weighted by Gasteiger charge is 2.08. The fourth-order valence-corrected chi connectivity index (χ4v) is 1.83. The SMILES string of the molecule is C=C(C)CCOc1cc(OCCC)ccc1CC(C)N. The summed E-state index contributed by atoms with van der Waals surface area (Å²) in [6.45, 7) is 11.3. The van der Waals surface area contributed by atoms with E-state index < -0.39 is 0 Å². The molecule has 0 heterocycles. The van der Waals surface area contributed by atoms with Crippen molar-refractivity contribution in [2.75, 3.05) is 13.2 Å². The molecular formula is C17H27NO2. The predicted molar refractivity (Wildman–Crippen MR) is 84.5 cm³/mol. The summed E-state index contributed by atoms with van der Waals surface area (Å²) in [5.41, 5.74) is 8.14. The zero-order chi connectivity index (χ0) is 15.0. The van der Waals surface area contributed by atoms with Gasteiger partial charge in [0.05, 0.1) is 13.2 Å². The maximum absolute atomic E-state index is 5.89. The van der Waals surface area contributed by atoms with E-state index in [0.717, 1.165) is 48.5 Å². The fraction of sp³-hybridized carbons (Fsp3) is 0.529. The molecule has 0 aromatic heterocycles. The molecule has 0 saturated carbocycles. The number of rotatable bonds is 9. The van der Waals surface area contributed by atoms with Gasteiger partial charge in [0.1, 0.15) is 11.5 Å². The Kier molecular flexibility index (Phi) is 7.16. The Morgan fingerprint density at radius 2 is 2.05 bits per heavy atom. The van der Waals surface area contributed by atoms with Gasteiger partial charge in [0.15, 0.2) is 0 Å². The Morgan fingerprint density at radius 1 is 1.30 bits per heavy atom. The number of ether oxygens (including phenoxy) is 2. The maximum atomic E-state index is 5.89. The van der Waals surface area contributed by atoms with Gasteiger partial charge in [-0.1, -0.05) is 18.6 Å². The highest BCUT2D eigenvalue weighted by Crippen LogP contribution is 2.26. The van der Waals surface area contributed by atoms with Gasteiger partial charge in [-0.25, -0.2) is 0 Å². The van der Waals surface area contributed by atoms with Gasteiger partial charge in [-0.2, -0.15) is 0 Å². The number of hydrogen-bond donors (Lipinski definition) is 1. The summed E-state index contributed by atoms with van der Waals surface area (Å²) in [6, 6.07) is 6.11. The van der Waals surface area contributed by atoms with Gasteiger partial charge in [-0.3, -0.25) is 0 Å². The topological polar surface area (TPSA) is 44.5 Å². The van der Waals surface area contributed by atoms with Crippen LogP contribution in [0.1, 0.15) is 39.2 Å². The quantitative estimate of drug-likeness (QED) is 0.700. The Hall–Kier alpha value is -1.48. The van der Waals surface area contributed by atoms with Crippen molar-refractivity contribution >= 4 is 0 Å². The van der Waals surface area contributed by atoms with E-state index in [2.05, 4.69) is 13.5 Å². The molecule has 0 amide bonds. The minimum absolute atomic E-state index is 0.112. The molecule has 1 atom stereocenters. The average molecular weight is 277 g/mol. The molecule has 2 N–H and O–H groups in total. The van der Waals surface area contributed by atoms with Crippen LogP contribution in [0.4, 0.5) is 0 Å². The van der Waals surface area contributed by atoms with E-state index in [4.69, 9.17) is 15.2 Å². The highest BCUT2D eigenvalue weighted by molar-refractivity contribution is 5.41. The van der Waals surface area contributed by atoms with Gasteiger partial charge in [0, 0.05) is 18.5 Å². The van der Waals surface area contributed by atoms with Crippen molar-refractivity contribution in [1.82, 2.24) is 0 Å². The summed E-state index contributed by atoms with van der Waals surface area (Å²) < 4.78 is 11.5. The molecule has 0 saturated heterocycles. The predicted octanol–water partition coefficient (Wildman–Crippen LogP) is 3.71. The molecule has 1 unspecified atom stereocenters. The number of nitrogens with two attached hydrogens (primary N) is 1. The first kappa shape index (κ1) is 16.6. The van der Waals surface area contributed by atoms with Gasteiger partial charge in [-0.15, -0.1) is 6.58 Å². The Balaban J connectivity index is 2.78. The largest absolute Gasteiger partial charge is 0.493 e. The monoisotopic (exact) mass is 277 g/mol. The molecule has 20 heavy (non-hydrogen) atoms. The smallest absolute Gasteiger partial charge is 0.126 e. The molecule has 0 aliphatic carbocycles. The van der Waals surface area contributed by atoms with Crippen LogP contribution >= 0.6 is 0 Å². The Bertz CT molecular complexity index is 427. The lowest BCUT2D eigenvalue weighted by Gasteiger charge is -2.15. The molecule has 0 bridgehead atoms. The molecule has 0 aliphatic heterocycles. The molecule has 0 fully saturated rings. The lowest BCUT2D eigenvalue weighted by Crippen LogP contribution is -2.18. The third-order valence-electron chi connectivity index (χ3n) is 2.84. The van der Waals surface area contributed by atoms with E-state index in [1.807, 2.05) is 32.0 Å². The fourth-order valence-electron chi connectivity index (χ4n) is 1.83. The molecule has 1 aromatic rings. The molecule has 112 valence electrons. The van der Waals surface area contributed by atoms with Crippen molar-refractivity contribution in [2.45, 2.75) is 46.1 Å². The molecule has 0 aliphatic rings. The van der Waals surface area contributed by atoms with E-state index in [-0.39, 0.29) is 6.04 Å². The summed E-state index contributed by atoms with van der Waals surface area (Å²) >= 11 is 0. The summed E-state index contributed by atoms with van der Waals surface area (Å²) in [7, 11) is 0. The van der Waals surface area contributed by atoms with Crippen LogP contribution in [0.25, 0.3) is 0 Å². The summed E-state index contributed by atoms with van der Waals surface area (Å²) in [5, 5.41) is 0. The van der Waals surface area contributed by atoms with E-state index in [1.54, 1.807) is 0 Å². The second kappa shape index (κ2) is 8.64. The Labute approximate surface area is 122 Å². The second-order valence-electron chi connectivity index (χ2n) is 5.35. The number of benzene rings is 1. The van der Waals surface area contributed by atoms with Gasteiger partial charge in [-0.05, 0) is 38.3 Å². The van der Waals surface area contributed by atoms with Gasteiger partial charge in [0.25, 0.3) is 0 Å². The van der Waals surface area contributed by atoms with E-state index >= 15 is 0 Å². The van der Waals surface area contributed by atoms with Crippen molar-refractivity contribution < 1.29 is 9.47 Å². The van der Waals surface area contributed by atoms with Crippen molar-refractivity contribution in [1.29, 1.82) is 0 Å². The van der Waals surface area contributed by atoms with Crippen molar-refractivity contribution in [3.05, 3.63) is 35.9 Å². The van der Waals surface area contributed by atoms with Crippen LogP contribution in [0.15, 0.2) is 30.4 Å².